The molecule has 1 rings (SSSR count). The van der Waals surface area contributed by atoms with Gasteiger partial charge in [-0.1, -0.05) is 19.0 Å². The van der Waals surface area contributed by atoms with Gasteiger partial charge in [0.05, 0.1) is 6.61 Å². The second-order valence-corrected chi connectivity index (χ2v) is 5.11. The number of hydrogen-bond donors (Lipinski definition) is 3. The van der Waals surface area contributed by atoms with Crippen LogP contribution in [0.4, 0.5) is 0 Å². The molecule has 0 aromatic carbocycles. The molecule has 5 heteroatoms. The molecule has 0 spiro atoms. The Morgan fingerprint density at radius 3 is 2.50 bits per heavy atom. The summed E-state index contributed by atoms with van der Waals surface area (Å²) in [6, 6.07) is 0.634. The minimum atomic E-state index is -0.294. The molecule has 1 aliphatic rings. The van der Waals surface area contributed by atoms with Crippen molar-refractivity contribution >= 4 is 5.84 Å². The molecule has 5 nitrogen and oxygen atoms in total. The highest BCUT2D eigenvalue weighted by molar-refractivity contribution is 5.85. The summed E-state index contributed by atoms with van der Waals surface area (Å²) in [6.45, 7) is 5.73. The van der Waals surface area contributed by atoms with E-state index in [9.17, 15) is 0 Å². The SMILES string of the molecule is CC(C)(CCN(CCO)C1CC1)C(N)=NO. The van der Waals surface area contributed by atoms with Crippen molar-refractivity contribution in [2.75, 3.05) is 19.7 Å². The molecule has 0 aromatic heterocycles. The Morgan fingerprint density at radius 1 is 1.44 bits per heavy atom. The number of nitrogens with two attached hydrogens (primary N) is 1. The lowest BCUT2D eigenvalue weighted by Gasteiger charge is -2.28. The first kappa shape index (κ1) is 13.3. The van der Waals surface area contributed by atoms with E-state index in [-0.39, 0.29) is 17.9 Å². The van der Waals surface area contributed by atoms with Crippen LogP contribution >= 0.6 is 0 Å². The van der Waals surface area contributed by atoms with Crippen molar-refractivity contribution in [2.45, 2.75) is 39.2 Å². The molecule has 0 amide bonds. The number of aliphatic hydroxyl groups excluding tert-OH is 1. The van der Waals surface area contributed by atoms with Crippen LogP contribution in [0.15, 0.2) is 5.16 Å². The molecule has 1 fully saturated rings. The molecule has 0 saturated heterocycles. The Bertz CT molecular complexity index is 250. The van der Waals surface area contributed by atoms with Crippen LogP contribution in [0.2, 0.25) is 0 Å². The van der Waals surface area contributed by atoms with Gasteiger partial charge in [-0.2, -0.15) is 0 Å². The van der Waals surface area contributed by atoms with Gasteiger partial charge in [0.15, 0.2) is 0 Å². The van der Waals surface area contributed by atoms with Crippen LogP contribution in [0.25, 0.3) is 0 Å². The van der Waals surface area contributed by atoms with Gasteiger partial charge in [0.2, 0.25) is 0 Å². The third kappa shape index (κ3) is 3.64. The summed E-state index contributed by atoms with van der Waals surface area (Å²) < 4.78 is 0. The van der Waals surface area contributed by atoms with Crippen LogP contribution in [0.5, 0.6) is 0 Å². The Morgan fingerprint density at radius 2 is 2.06 bits per heavy atom. The molecule has 0 unspecified atom stereocenters. The third-order valence-electron chi connectivity index (χ3n) is 3.28. The molecule has 1 saturated carbocycles. The van der Waals surface area contributed by atoms with Crippen LogP contribution in [0, 0.1) is 5.41 Å². The average molecular weight is 229 g/mol. The maximum atomic E-state index is 8.97. The van der Waals surface area contributed by atoms with Crippen molar-refractivity contribution in [2.24, 2.45) is 16.3 Å². The maximum Gasteiger partial charge on any atom is 0.144 e. The van der Waals surface area contributed by atoms with Crippen molar-refractivity contribution in [3.63, 3.8) is 0 Å². The molecule has 0 radical (unpaired) electrons. The van der Waals surface area contributed by atoms with Crippen LogP contribution < -0.4 is 5.73 Å². The van der Waals surface area contributed by atoms with Gasteiger partial charge < -0.3 is 16.0 Å². The van der Waals surface area contributed by atoms with E-state index in [4.69, 9.17) is 16.0 Å². The fraction of sp³-hybridized carbons (Fsp3) is 0.909. The normalized spacial score (nSPS) is 18.1. The average Bonchev–Trinajstić information content (AvgIpc) is 3.06. The highest BCUT2D eigenvalue weighted by Crippen LogP contribution is 2.29. The molecular formula is C11H23N3O2. The zero-order valence-corrected chi connectivity index (χ0v) is 10.2. The fourth-order valence-corrected chi connectivity index (χ4v) is 1.73. The second-order valence-electron chi connectivity index (χ2n) is 5.11. The van der Waals surface area contributed by atoms with E-state index in [0.717, 1.165) is 19.5 Å². The first-order valence-corrected chi connectivity index (χ1v) is 5.84. The first-order chi connectivity index (χ1) is 7.51. The molecule has 1 aliphatic carbocycles. The van der Waals surface area contributed by atoms with Crippen molar-refractivity contribution < 1.29 is 10.3 Å². The number of rotatable bonds is 7. The Kier molecular flexibility index (Phi) is 4.56. The van der Waals surface area contributed by atoms with Gasteiger partial charge in [0.1, 0.15) is 5.84 Å². The van der Waals surface area contributed by atoms with E-state index < -0.39 is 0 Å². The summed E-state index contributed by atoms with van der Waals surface area (Å²) in [6.07, 6.45) is 3.29. The number of hydrogen-bond acceptors (Lipinski definition) is 4. The van der Waals surface area contributed by atoms with E-state index >= 15 is 0 Å². The first-order valence-electron chi connectivity index (χ1n) is 5.84. The smallest absolute Gasteiger partial charge is 0.144 e. The van der Waals surface area contributed by atoms with Gasteiger partial charge in [0.25, 0.3) is 0 Å². The molecule has 0 bridgehead atoms. The molecular weight excluding hydrogens is 206 g/mol. The Balaban J connectivity index is 2.41. The van der Waals surface area contributed by atoms with Crippen molar-refractivity contribution in [3.05, 3.63) is 0 Å². The minimum Gasteiger partial charge on any atom is -0.409 e. The second kappa shape index (κ2) is 5.50. The Labute approximate surface area is 96.9 Å². The highest BCUT2D eigenvalue weighted by atomic mass is 16.4. The van der Waals surface area contributed by atoms with Crippen molar-refractivity contribution in [1.82, 2.24) is 4.90 Å². The zero-order chi connectivity index (χ0) is 12.2. The lowest BCUT2D eigenvalue weighted by Crippen LogP contribution is -2.38. The quantitative estimate of drug-likeness (QED) is 0.258. The topological polar surface area (TPSA) is 82.1 Å². The van der Waals surface area contributed by atoms with Crippen LogP contribution in [0.3, 0.4) is 0 Å². The van der Waals surface area contributed by atoms with Crippen LogP contribution in [0.1, 0.15) is 33.1 Å². The summed E-state index contributed by atoms with van der Waals surface area (Å²) in [5.74, 6) is 0.271. The molecule has 4 N–H and O–H groups in total. The summed E-state index contributed by atoms with van der Waals surface area (Å²) >= 11 is 0. The van der Waals surface area contributed by atoms with E-state index in [1.54, 1.807) is 0 Å². The lowest BCUT2D eigenvalue weighted by molar-refractivity contribution is 0.176. The van der Waals surface area contributed by atoms with Gasteiger partial charge in [-0.15, -0.1) is 0 Å². The predicted molar refractivity (Wildman–Crippen MR) is 63.5 cm³/mol. The number of amidine groups is 1. The maximum absolute atomic E-state index is 8.97. The summed E-state index contributed by atoms with van der Waals surface area (Å²) in [4.78, 5) is 2.28. The molecule has 0 aromatic rings. The summed E-state index contributed by atoms with van der Waals surface area (Å²) in [5, 5.41) is 20.7. The summed E-state index contributed by atoms with van der Waals surface area (Å²) in [7, 11) is 0. The van der Waals surface area contributed by atoms with Gasteiger partial charge >= 0.3 is 0 Å². The summed E-state index contributed by atoms with van der Waals surface area (Å²) in [5.41, 5.74) is 5.34. The lowest BCUT2D eigenvalue weighted by atomic mass is 9.88. The van der Waals surface area contributed by atoms with Crippen LogP contribution in [-0.2, 0) is 0 Å². The monoisotopic (exact) mass is 229 g/mol. The Hall–Kier alpha value is -0.810. The van der Waals surface area contributed by atoms with Gasteiger partial charge in [-0.05, 0) is 25.8 Å². The number of oxime groups is 1. The predicted octanol–water partition coefficient (Wildman–Crippen LogP) is 0.606. The molecule has 0 aliphatic heterocycles. The molecule has 94 valence electrons. The number of nitrogens with zero attached hydrogens (tertiary/aromatic N) is 2. The molecule has 0 heterocycles. The standard InChI is InChI=1S/C11H23N3O2/c1-11(2,10(12)13-16)5-6-14(7-8-15)9-3-4-9/h9,15-16H,3-8H2,1-2H3,(H2,12,13). The van der Waals surface area contributed by atoms with Crippen molar-refractivity contribution in [1.29, 1.82) is 0 Å². The van der Waals surface area contributed by atoms with Crippen molar-refractivity contribution in [3.8, 4) is 0 Å². The van der Waals surface area contributed by atoms with Crippen LogP contribution in [-0.4, -0.2) is 46.8 Å². The van der Waals surface area contributed by atoms with Gasteiger partial charge in [-0.3, -0.25) is 4.90 Å². The van der Waals surface area contributed by atoms with E-state index in [1.165, 1.54) is 12.8 Å². The largest absolute Gasteiger partial charge is 0.409 e. The van der Waals surface area contributed by atoms with Gasteiger partial charge in [-0.25, -0.2) is 0 Å². The molecule has 0 atom stereocenters. The zero-order valence-electron chi connectivity index (χ0n) is 10.2. The van der Waals surface area contributed by atoms with E-state index in [1.807, 2.05) is 13.8 Å². The van der Waals surface area contributed by atoms with E-state index in [0.29, 0.717) is 6.04 Å². The minimum absolute atomic E-state index is 0.195. The third-order valence-corrected chi connectivity index (χ3v) is 3.28. The van der Waals surface area contributed by atoms with E-state index in [2.05, 4.69) is 10.1 Å². The molecule has 16 heavy (non-hydrogen) atoms. The fourth-order valence-electron chi connectivity index (χ4n) is 1.73. The van der Waals surface area contributed by atoms with Gasteiger partial charge in [0, 0.05) is 18.0 Å². The number of aliphatic hydroxyl groups is 1. The highest BCUT2D eigenvalue weighted by Gasteiger charge is 2.31.